The van der Waals surface area contributed by atoms with Gasteiger partial charge in [-0.25, -0.2) is 0 Å². The van der Waals surface area contributed by atoms with Gasteiger partial charge in [0.25, 0.3) is 0 Å². The molecule has 2 N–H and O–H groups in total. The standard InChI is InChI=1S/C11H24N2/c1-4-13-7-5-10(6-8-13)11(2,3)9-12/h10H,4-9,12H2,1-3H3. The molecular formula is C11H24N2. The molecule has 0 amide bonds. The summed E-state index contributed by atoms with van der Waals surface area (Å²) in [7, 11) is 0. The minimum absolute atomic E-state index is 0.347. The summed E-state index contributed by atoms with van der Waals surface area (Å²) in [5, 5.41) is 0. The molecule has 0 saturated carbocycles. The molecule has 0 aromatic rings. The van der Waals surface area contributed by atoms with Crippen LogP contribution in [0.15, 0.2) is 0 Å². The van der Waals surface area contributed by atoms with Crippen molar-refractivity contribution in [3.63, 3.8) is 0 Å². The normalized spacial score (nSPS) is 22.2. The maximum absolute atomic E-state index is 5.79. The minimum Gasteiger partial charge on any atom is -0.330 e. The van der Waals surface area contributed by atoms with Crippen molar-refractivity contribution in [3.8, 4) is 0 Å². The SMILES string of the molecule is CCN1CCC(C(C)(C)CN)CC1. The molecule has 0 bridgehead atoms. The van der Waals surface area contributed by atoms with Crippen molar-refractivity contribution in [2.75, 3.05) is 26.2 Å². The summed E-state index contributed by atoms with van der Waals surface area (Å²) in [6, 6.07) is 0. The van der Waals surface area contributed by atoms with Crippen LogP contribution in [0.3, 0.4) is 0 Å². The summed E-state index contributed by atoms with van der Waals surface area (Å²) in [5.74, 6) is 0.834. The molecule has 2 heteroatoms. The molecule has 0 radical (unpaired) electrons. The molecule has 0 aromatic carbocycles. The Kier molecular flexibility index (Phi) is 3.74. The lowest BCUT2D eigenvalue weighted by Crippen LogP contribution is -2.41. The number of piperidine rings is 1. The Morgan fingerprint density at radius 2 is 1.85 bits per heavy atom. The molecule has 1 fully saturated rings. The highest BCUT2D eigenvalue weighted by molar-refractivity contribution is 4.83. The third-order valence-corrected chi connectivity index (χ3v) is 3.67. The monoisotopic (exact) mass is 184 g/mol. The first-order valence-electron chi connectivity index (χ1n) is 5.52. The van der Waals surface area contributed by atoms with E-state index >= 15 is 0 Å². The fourth-order valence-electron chi connectivity index (χ4n) is 2.20. The largest absolute Gasteiger partial charge is 0.330 e. The van der Waals surface area contributed by atoms with Gasteiger partial charge in [0, 0.05) is 0 Å². The smallest absolute Gasteiger partial charge is 0.00160 e. The Morgan fingerprint density at radius 3 is 2.23 bits per heavy atom. The summed E-state index contributed by atoms with van der Waals surface area (Å²) < 4.78 is 0. The van der Waals surface area contributed by atoms with E-state index in [2.05, 4.69) is 25.7 Å². The zero-order chi connectivity index (χ0) is 9.90. The summed E-state index contributed by atoms with van der Waals surface area (Å²) in [6.45, 7) is 11.4. The molecule has 2 nitrogen and oxygen atoms in total. The molecular weight excluding hydrogens is 160 g/mol. The molecule has 1 rings (SSSR count). The minimum atomic E-state index is 0.347. The molecule has 13 heavy (non-hydrogen) atoms. The van der Waals surface area contributed by atoms with Crippen LogP contribution in [-0.2, 0) is 0 Å². The zero-order valence-corrected chi connectivity index (χ0v) is 9.34. The van der Waals surface area contributed by atoms with E-state index in [0.717, 1.165) is 12.5 Å². The number of hydrogen-bond acceptors (Lipinski definition) is 2. The first-order chi connectivity index (χ1) is 6.10. The molecule has 1 aliphatic rings. The average Bonchev–Trinajstić information content (AvgIpc) is 2.18. The Bertz CT molecular complexity index is 146. The van der Waals surface area contributed by atoms with Gasteiger partial charge in [0.1, 0.15) is 0 Å². The summed E-state index contributed by atoms with van der Waals surface area (Å²) in [6.07, 6.45) is 2.66. The predicted octanol–water partition coefficient (Wildman–Crippen LogP) is 1.70. The molecule has 1 aliphatic heterocycles. The maximum atomic E-state index is 5.79. The van der Waals surface area contributed by atoms with Crippen molar-refractivity contribution < 1.29 is 0 Å². The van der Waals surface area contributed by atoms with Crippen LogP contribution in [0.4, 0.5) is 0 Å². The van der Waals surface area contributed by atoms with Crippen LogP contribution in [-0.4, -0.2) is 31.1 Å². The van der Waals surface area contributed by atoms with Gasteiger partial charge in [0.05, 0.1) is 0 Å². The highest BCUT2D eigenvalue weighted by atomic mass is 15.1. The van der Waals surface area contributed by atoms with Crippen LogP contribution in [0, 0.1) is 11.3 Å². The van der Waals surface area contributed by atoms with Crippen molar-refractivity contribution in [3.05, 3.63) is 0 Å². The van der Waals surface area contributed by atoms with E-state index in [0.29, 0.717) is 5.41 Å². The van der Waals surface area contributed by atoms with E-state index in [1.807, 2.05) is 0 Å². The number of rotatable bonds is 3. The van der Waals surface area contributed by atoms with Gasteiger partial charge in [-0.1, -0.05) is 20.8 Å². The second-order valence-corrected chi connectivity index (χ2v) is 4.90. The Balaban J connectivity index is 2.40. The summed E-state index contributed by atoms with van der Waals surface area (Å²) in [4.78, 5) is 2.53. The molecule has 1 saturated heterocycles. The molecule has 0 aliphatic carbocycles. The Morgan fingerprint density at radius 1 is 1.31 bits per heavy atom. The van der Waals surface area contributed by atoms with Crippen LogP contribution >= 0.6 is 0 Å². The molecule has 0 spiro atoms. The number of likely N-dealkylation sites (tertiary alicyclic amines) is 1. The van der Waals surface area contributed by atoms with E-state index in [-0.39, 0.29) is 0 Å². The highest BCUT2D eigenvalue weighted by Gasteiger charge is 2.30. The average molecular weight is 184 g/mol. The topological polar surface area (TPSA) is 29.3 Å². The van der Waals surface area contributed by atoms with Crippen molar-refractivity contribution in [1.29, 1.82) is 0 Å². The molecule has 0 aromatic heterocycles. The van der Waals surface area contributed by atoms with Crippen molar-refractivity contribution in [2.24, 2.45) is 17.1 Å². The third-order valence-electron chi connectivity index (χ3n) is 3.67. The Hall–Kier alpha value is -0.0800. The quantitative estimate of drug-likeness (QED) is 0.723. The second kappa shape index (κ2) is 4.43. The van der Waals surface area contributed by atoms with E-state index in [9.17, 15) is 0 Å². The van der Waals surface area contributed by atoms with E-state index in [1.54, 1.807) is 0 Å². The van der Waals surface area contributed by atoms with Gasteiger partial charge in [-0.3, -0.25) is 0 Å². The van der Waals surface area contributed by atoms with Gasteiger partial charge in [0.2, 0.25) is 0 Å². The number of nitrogens with two attached hydrogens (primary N) is 1. The van der Waals surface area contributed by atoms with Gasteiger partial charge in [-0.2, -0.15) is 0 Å². The predicted molar refractivity (Wildman–Crippen MR) is 57.7 cm³/mol. The fraction of sp³-hybridized carbons (Fsp3) is 1.00. The third kappa shape index (κ3) is 2.68. The lowest BCUT2D eigenvalue weighted by molar-refractivity contribution is 0.109. The van der Waals surface area contributed by atoms with Gasteiger partial charge in [0.15, 0.2) is 0 Å². The second-order valence-electron chi connectivity index (χ2n) is 4.90. The summed E-state index contributed by atoms with van der Waals surface area (Å²) >= 11 is 0. The van der Waals surface area contributed by atoms with Gasteiger partial charge in [-0.15, -0.1) is 0 Å². The van der Waals surface area contributed by atoms with E-state index in [1.165, 1.54) is 32.5 Å². The van der Waals surface area contributed by atoms with Gasteiger partial charge >= 0.3 is 0 Å². The number of hydrogen-bond donors (Lipinski definition) is 1. The van der Waals surface area contributed by atoms with Crippen molar-refractivity contribution in [2.45, 2.75) is 33.6 Å². The Labute approximate surface area is 82.5 Å². The van der Waals surface area contributed by atoms with Crippen molar-refractivity contribution in [1.82, 2.24) is 4.90 Å². The summed E-state index contributed by atoms with van der Waals surface area (Å²) in [5.41, 5.74) is 6.14. The van der Waals surface area contributed by atoms with Gasteiger partial charge < -0.3 is 10.6 Å². The molecule has 78 valence electrons. The van der Waals surface area contributed by atoms with Crippen LogP contribution in [0.1, 0.15) is 33.6 Å². The van der Waals surface area contributed by atoms with Crippen molar-refractivity contribution >= 4 is 0 Å². The maximum Gasteiger partial charge on any atom is -0.00160 e. The first kappa shape index (κ1) is 11.0. The van der Waals surface area contributed by atoms with Crippen LogP contribution in [0.25, 0.3) is 0 Å². The highest BCUT2D eigenvalue weighted by Crippen LogP contribution is 2.33. The zero-order valence-electron chi connectivity index (χ0n) is 9.34. The molecule has 0 atom stereocenters. The molecule has 0 unspecified atom stereocenters. The van der Waals surface area contributed by atoms with Crippen LogP contribution in [0.2, 0.25) is 0 Å². The van der Waals surface area contributed by atoms with E-state index in [4.69, 9.17) is 5.73 Å². The lowest BCUT2D eigenvalue weighted by Gasteiger charge is -2.39. The number of nitrogens with zero attached hydrogens (tertiary/aromatic N) is 1. The van der Waals surface area contributed by atoms with Gasteiger partial charge in [-0.05, 0) is 50.4 Å². The van der Waals surface area contributed by atoms with E-state index < -0.39 is 0 Å². The fourth-order valence-corrected chi connectivity index (χ4v) is 2.20. The first-order valence-corrected chi connectivity index (χ1v) is 5.52. The lowest BCUT2D eigenvalue weighted by atomic mass is 9.74. The van der Waals surface area contributed by atoms with Crippen LogP contribution in [0.5, 0.6) is 0 Å². The van der Waals surface area contributed by atoms with Crippen LogP contribution < -0.4 is 5.73 Å². The molecule has 1 heterocycles.